The molecule has 0 aromatic heterocycles. The van der Waals surface area contributed by atoms with Crippen molar-refractivity contribution in [2.24, 2.45) is 5.41 Å². The maximum atomic E-state index is 12.0. The highest BCUT2D eigenvalue weighted by Crippen LogP contribution is 2.45. The van der Waals surface area contributed by atoms with Gasteiger partial charge in [0.1, 0.15) is 0 Å². The molecular weight excluding hydrogens is 298 g/mol. The van der Waals surface area contributed by atoms with Crippen LogP contribution in [0.5, 0.6) is 0 Å². The Hall–Kier alpha value is -1.36. The van der Waals surface area contributed by atoms with Crippen molar-refractivity contribution in [3.63, 3.8) is 0 Å². The predicted molar refractivity (Wildman–Crippen MR) is 70.5 cm³/mol. The summed E-state index contributed by atoms with van der Waals surface area (Å²) in [5, 5.41) is 11.7. The molecule has 4 nitrogen and oxygen atoms in total. The molecule has 1 fully saturated rings. The molecule has 1 amide bonds. The van der Waals surface area contributed by atoms with Gasteiger partial charge < -0.3 is 10.4 Å². The van der Waals surface area contributed by atoms with Crippen LogP contribution in [0.15, 0.2) is 22.7 Å². The van der Waals surface area contributed by atoms with Crippen LogP contribution < -0.4 is 5.32 Å². The Bertz CT molecular complexity index is 509. The number of amides is 1. The molecule has 18 heavy (non-hydrogen) atoms. The number of aryl methyl sites for hydroxylation is 1. The molecule has 0 heterocycles. The Morgan fingerprint density at radius 3 is 2.61 bits per heavy atom. The number of carbonyl (C=O) groups excluding carboxylic acids is 1. The maximum absolute atomic E-state index is 12.0. The molecule has 0 bridgehead atoms. The van der Waals surface area contributed by atoms with Gasteiger partial charge in [0.25, 0.3) is 5.91 Å². The summed E-state index contributed by atoms with van der Waals surface area (Å²) in [6, 6.07) is 5.39. The second-order valence-corrected chi connectivity index (χ2v) is 5.64. The van der Waals surface area contributed by atoms with Crippen LogP contribution in [0.4, 0.5) is 0 Å². The Labute approximate surface area is 114 Å². The molecule has 2 N–H and O–H groups in total. The van der Waals surface area contributed by atoms with Gasteiger partial charge in [0, 0.05) is 16.6 Å². The Kier molecular flexibility index (Phi) is 3.43. The van der Waals surface area contributed by atoms with Crippen LogP contribution in [0.1, 0.15) is 28.8 Å². The maximum Gasteiger partial charge on any atom is 0.311 e. The van der Waals surface area contributed by atoms with Gasteiger partial charge in [-0.1, -0.05) is 15.9 Å². The topological polar surface area (TPSA) is 66.4 Å². The molecule has 0 radical (unpaired) electrons. The molecule has 1 saturated carbocycles. The number of hydrogen-bond donors (Lipinski definition) is 2. The first kappa shape index (κ1) is 13.1. The first-order valence-corrected chi connectivity index (χ1v) is 6.52. The molecule has 0 saturated heterocycles. The third-order valence-electron chi connectivity index (χ3n) is 3.33. The second-order valence-electron chi connectivity index (χ2n) is 4.73. The summed E-state index contributed by atoms with van der Waals surface area (Å²) in [5.41, 5.74) is 0.722. The highest BCUT2D eigenvalue weighted by atomic mass is 79.9. The lowest BCUT2D eigenvalue weighted by molar-refractivity contribution is -0.143. The fourth-order valence-electron chi connectivity index (χ4n) is 1.84. The van der Waals surface area contributed by atoms with Crippen molar-refractivity contribution in [1.29, 1.82) is 0 Å². The first-order chi connectivity index (χ1) is 8.44. The number of rotatable bonds is 4. The van der Waals surface area contributed by atoms with Gasteiger partial charge in [0.15, 0.2) is 0 Å². The Morgan fingerprint density at radius 2 is 2.11 bits per heavy atom. The monoisotopic (exact) mass is 311 g/mol. The molecule has 1 aromatic rings. The minimum Gasteiger partial charge on any atom is -0.481 e. The van der Waals surface area contributed by atoms with Crippen LogP contribution >= 0.6 is 15.9 Å². The van der Waals surface area contributed by atoms with Crippen molar-refractivity contribution in [3.8, 4) is 0 Å². The van der Waals surface area contributed by atoms with E-state index in [-0.39, 0.29) is 12.5 Å². The van der Waals surface area contributed by atoms with E-state index < -0.39 is 11.4 Å². The largest absolute Gasteiger partial charge is 0.481 e. The third kappa shape index (κ3) is 2.56. The van der Waals surface area contributed by atoms with Crippen molar-refractivity contribution in [1.82, 2.24) is 5.32 Å². The van der Waals surface area contributed by atoms with Crippen molar-refractivity contribution < 1.29 is 14.7 Å². The lowest BCUT2D eigenvalue weighted by Crippen LogP contribution is -2.34. The number of carboxylic acid groups (broad SMARTS) is 1. The average molecular weight is 312 g/mol. The fraction of sp³-hybridized carbons (Fsp3) is 0.385. The van der Waals surface area contributed by atoms with E-state index in [1.54, 1.807) is 12.1 Å². The van der Waals surface area contributed by atoms with E-state index >= 15 is 0 Å². The molecule has 1 aromatic carbocycles. The minimum atomic E-state index is -0.824. The van der Waals surface area contributed by atoms with E-state index in [2.05, 4.69) is 21.2 Å². The second kappa shape index (κ2) is 4.72. The van der Waals surface area contributed by atoms with Gasteiger partial charge in [-0.2, -0.15) is 0 Å². The lowest BCUT2D eigenvalue weighted by atomic mass is 10.1. The molecule has 0 aliphatic heterocycles. The van der Waals surface area contributed by atoms with E-state index in [0.29, 0.717) is 18.4 Å². The highest BCUT2D eigenvalue weighted by molar-refractivity contribution is 9.10. The highest BCUT2D eigenvalue weighted by Gasteiger charge is 2.50. The van der Waals surface area contributed by atoms with Gasteiger partial charge >= 0.3 is 5.97 Å². The molecule has 1 aliphatic carbocycles. The summed E-state index contributed by atoms with van der Waals surface area (Å²) in [5.74, 6) is -1.04. The van der Waals surface area contributed by atoms with Crippen LogP contribution in [0, 0.1) is 12.3 Å². The average Bonchev–Trinajstić information content (AvgIpc) is 3.07. The van der Waals surface area contributed by atoms with Crippen LogP contribution in [0.25, 0.3) is 0 Å². The van der Waals surface area contributed by atoms with Crippen LogP contribution in [0.2, 0.25) is 0 Å². The molecular formula is C13H14BrNO3. The number of aliphatic carboxylic acids is 1. The van der Waals surface area contributed by atoms with E-state index in [0.717, 1.165) is 10.0 Å². The van der Waals surface area contributed by atoms with E-state index in [4.69, 9.17) is 5.11 Å². The summed E-state index contributed by atoms with van der Waals surface area (Å²) < 4.78 is 0.917. The van der Waals surface area contributed by atoms with Gasteiger partial charge in [-0.05, 0) is 43.5 Å². The van der Waals surface area contributed by atoms with Crippen LogP contribution in [-0.4, -0.2) is 23.5 Å². The molecule has 0 unspecified atom stereocenters. The molecule has 96 valence electrons. The van der Waals surface area contributed by atoms with Crippen LogP contribution in [-0.2, 0) is 4.79 Å². The smallest absolute Gasteiger partial charge is 0.311 e. The predicted octanol–water partition coefficient (Wildman–Crippen LogP) is 2.35. The van der Waals surface area contributed by atoms with Gasteiger partial charge in [0.05, 0.1) is 5.41 Å². The third-order valence-corrected chi connectivity index (χ3v) is 3.82. The minimum absolute atomic E-state index is 0.205. The molecule has 2 rings (SSSR count). The Balaban J connectivity index is 2.02. The number of carbonyl (C=O) groups is 2. The molecule has 0 spiro atoms. The van der Waals surface area contributed by atoms with Gasteiger partial charge in [0.2, 0.25) is 0 Å². The van der Waals surface area contributed by atoms with Crippen molar-refractivity contribution in [2.75, 3.05) is 6.54 Å². The fourth-order valence-corrected chi connectivity index (χ4v) is 2.32. The Morgan fingerprint density at radius 1 is 1.44 bits per heavy atom. The number of carboxylic acids is 1. The quantitative estimate of drug-likeness (QED) is 0.897. The van der Waals surface area contributed by atoms with Gasteiger partial charge in [-0.25, -0.2) is 0 Å². The zero-order chi connectivity index (χ0) is 13.3. The van der Waals surface area contributed by atoms with Crippen molar-refractivity contribution in [2.45, 2.75) is 19.8 Å². The van der Waals surface area contributed by atoms with Crippen molar-refractivity contribution in [3.05, 3.63) is 33.8 Å². The lowest BCUT2D eigenvalue weighted by Gasteiger charge is -2.12. The van der Waals surface area contributed by atoms with Crippen LogP contribution in [0.3, 0.4) is 0 Å². The normalized spacial score (nSPS) is 16.1. The number of nitrogens with one attached hydrogen (secondary N) is 1. The number of benzene rings is 1. The first-order valence-electron chi connectivity index (χ1n) is 5.72. The van der Waals surface area contributed by atoms with E-state index in [1.807, 2.05) is 13.0 Å². The SMILES string of the molecule is Cc1cc(Br)ccc1C(=O)NCC1(C(=O)O)CC1. The summed E-state index contributed by atoms with van der Waals surface area (Å²) in [6.07, 6.45) is 1.28. The standard InChI is InChI=1S/C13H14BrNO3/c1-8-6-9(14)2-3-10(8)11(16)15-7-13(4-5-13)12(17)18/h2-3,6H,4-5,7H2,1H3,(H,15,16)(H,17,18). The van der Waals surface area contributed by atoms with E-state index in [1.165, 1.54) is 0 Å². The molecule has 0 atom stereocenters. The molecule has 5 heteroatoms. The van der Waals surface area contributed by atoms with Crippen molar-refractivity contribution >= 4 is 27.8 Å². The summed E-state index contributed by atoms with van der Waals surface area (Å²) >= 11 is 3.34. The van der Waals surface area contributed by atoms with Gasteiger partial charge in [-0.15, -0.1) is 0 Å². The summed E-state index contributed by atoms with van der Waals surface area (Å²) in [7, 11) is 0. The zero-order valence-corrected chi connectivity index (χ0v) is 11.6. The summed E-state index contributed by atoms with van der Waals surface area (Å²) in [4.78, 5) is 22.9. The number of hydrogen-bond acceptors (Lipinski definition) is 2. The zero-order valence-electron chi connectivity index (χ0n) is 10.00. The van der Waals surface area contributed by atoms with Gasteiger partial charge in [-0.3, -0.25) is 9.59 Å². The molecule has 1 aliphatic rings. The number of halogens is 1. The summed E-state index contributed by atoms with van der Waals surface area (Å²) in [6.45, 7) is 2.06. The van der Waals surface area contributed by atoms with E-state index in [9.17, 15) is 9.59 Å².